The molecule has 1 amide bonds. The highest BCUT2D eigenvalue weighted by Crippen LogP contribution is 2.24. The van der Waals surface area contributed by atoms with Gasteiger partial charge in [-0.25, -0.2) is 9.82 Å². The number of hydrazone groups is 1. The number of amides is 1. The second-order valence-corrected chi connectivity index (χ2v) is 5.05. The topological polar surface area (TPSA) is 63.6 Å². The van der Waals surface area contributed by atoms with Gasteiger partial charge in [-0.2, -0.15) is 5.10 Å². The molecule has 0 saturated heterocycles. The summed E-state index contributed by atoms with van der Waals surface area (Å²) in [6, 6.07) is 16.5. The minimum absolute atomic E-state index is 0.0775. The number of carbonyl (C=O) groups excluding carboxylic acids is 1. The van der Waals surface area contributed by atoms with Gasteiger partial charge < -0.3 is 4.74 Å². The molecule has 1 N–H and O–H groups in total. The highest BCUT2D eigenvalue weighted by Gasteiger charge is 2.06. The van der Waals surface area contributed by atoms with E-state index >= 15 is 0 Å². The minimum atomic E-state index is -0.486. The summed E-state index contributed by atoms with van der Waals surface area (Å²) in [6.07, 6.45) is 4.42. The SMILES string of the molecule is O=C(N/N=C/c1ccc(F)c(Oc2ccccc2)c1)c1cccnc1. The fraction of sp³-hybridized carbons (Fsp3) is 0. The van der Waals surface area contributed by atoms with Gasteiger partial charge in [0.15, 0.2) is 11.6 Å². The fourth-order valence-corrected chi connectivity index (χ4v) is 2.02. The second-order valence-electron chi connectivity index (χ2n) is 5.05. The van der Waals surface area contributed by atoms with Gasteiger partial charge >= 0.3 is 0 Å². The number of rotatable bonds is 5. The van der Waals surface area contributed by atoms with E-state index in [1.165, 1.54) is 30.6 Å². The summed E-state index contributed by atoms with van der Waals surface area (Å²) in [5.41, 5.74) is 3.36. The molecular weight excluding hydrogens is 321 g/mol. The van der Waals surface area contributed by atoms with Crippen molar-refractivity contribution >= 4 is 12.1 Å². The van der Waals surface area contributed by atoms with Crippen LogP contribution in [0.1, 0.15) is 15.9 Å². The van der Waals surface area contributed by atoms with Crippen LogP contribution in [0.3, 0.4) is 0 Å². The third-order valence-corrected chi connectivity index (χ3v) is 3.23. The summed E-state index contributed by atoms with van der Waals surface area (Å²) in [5.74, 6) is -0.262. The lowest BCUT2D eigenvalue weighted by atomic mass is 10.2. The number of nitrogens with zero attached hydrogens (tertiary/aromatic N) is 2. The largest absolute Gasteiger partial charge is 0.454 e. The number of hydrogen-bond acceptors (Lipinski definition) is 4. The van der Waals surface area contributed by atoms with Gasteiger partial charge in [-0.15, -0.1) is 0 Å². The van der Waals surface area contributed by atoms with Gasteiger partial charge in [0.2, 0.25) is 0 Å². The lowest BCUT2D eigenvalue weighted by Crippen LogP contribution is -2.17. The molecule has 0 radical (unpaired) electrons. The molecule has 0 atom stereocenters. The van der Waals surface area contributed by atoms with E-state index in [4.69, 9.17) is 4.74 Å². The highest BCUT2D eigenvalue weighted by molar-refractivity contribution is 5.94. The maximum atomic E-state index is 13.9. The number of nitrogens with one attached hydrogen (secondary N) is 1. The molecule has 124 valence electrons. The summed E-state index contributed by atoms with van der Waals surface area (Å²) in [4.78, 5) is 15.7. The molecule has 0 spiro atoms. The van der Waals surface area contributed by atoms with Crippen molar-refractivity contribution in [2.75, 3.05) is 0 Å². The van der Waals surface area contributed by atoms with Crippen molar-refractivity contribution in [3.05, 3.63) is 90.0 Å². The third kappa shape index (κ3) is 4.48. The van der Waals surface area contributed by atoms with Crippen molar-refractivity contribution in [2.24, 2.45) is 5.10 Å². The van der Waals surface area contributed by atoms with E-state index in [0.29, 0.717) is 16.9 Å². The maximum Gasteiger partial charge on any atom is 0.272 e. The first kappa shape index (κ1) is 16.3. The Bertz CT molecular complexity index is 884. The molecule has 3 rings (SSSR count). The van der Waals surface area contributed by atoms with E-state index < -0.39 is 5.82 Å². The molecule has 1 heterocycles. The van der Waals surface area contributed by atoms with Crippen LogP contribution in [0.15, 0.2) is 78.2 Å². The lowest BCUT2D eigenvalue weighted by Gasteiger charge is -2.07. The van der Waals surface area contributed by atoms with Crippen molar-refractivity contribution in [2.45, 2.75) is 0 Å². The first-order chi connectivity index (χ1) is 12.2. The van der Waals surface area contributed by atoms with E-state index in [1.54, 1.807) is 42.6 Å². The van der Waals surface area contributed by atoms with Gasteiger partial charge in [0.1, 0.15) is 5.75 Å². The number of halogens is 1. The average molecular weight is 335 g/mol. The number of hydrogen-bond donors (Lipinski definition) is 1. The van der Waals surface area contributed by atoms with Crippen molar-refractivity contribution in [3.63, 3.8) is 0 Å². The Kier molecular flexibility index (Phi) is 5.11. The van der Waals surface area contributed by atoms with Crippen LogP contribution in [0.4, 0.5) is 4.39 Å². The first-order valence-corrected chi connectivity index (χ1v) is 7.48. The molecule has 25 heavy (non-hydrogen) atoms. The van der Waals surface area contributed by atoms with E-state index in [2.05, 4.69) is 15.5 Å². The van der Waals surface area contributed by atoms with Gasteiger partial charge in [-0.1, -0.05) is 24.3 Å². The predicted octanol–water partition coefficient (Wildman–Crippen LogP) is 3.78. The van der Waals surface area contributed by atoms with Gasteiger partial charge in [-0.3, -0.25) is 9.78 Å². The number of benzene rings is 2. The smallest absolute Gasteiger partial charge is 0.272 e. The number of pyridine rings is 1. The predicted molar refractivity (Wildman–Crippen MR) is 92.2 cm³/mol. The summed E-state index contributed by atoms with van der Waals surface area (Å²) < 4.78 is 19.4. The van der Waals surface area contributed by atoms with Crippen LogP contribution in [-0.4, -0.2) is 17.1 Å². The number of para-hydroxylation sites is 1. The van der Waals surface area contributed by atoms with Crippen LogP contribution in [-0.2, 0) is 0 Å². The van der Waals surface area contributed by atoms with Crippen molar-refractivity contribution in [1.29, 1.82) is 0 Å². The number of aromatic nitrogens is 1. The Labute approximate surface area is 143 Å². The molecule has 0 bridgehead atoms. The summed E-state index contributed by atoms with van der Waals surface area (Å²) in [5, 5.41) is 3.87. The Morgan fingerprint density at radius 1 is 1.12 bits per heavy atom. The number of carbonyl (C=O) groups is 1. The molecule has 0 unspecified atom stereocenters. The van der Waals surface area contributed by atoms with Gasteiger partial charge in [0.05, 0.1) is 11.8 Å². The van der Waals surface area contributed by atoms with Gasteiger partial charge in [-0.05, 0) is 42.0 Å². The van der Waals surface area contributed by atoms with E-state index in [9.17, 15) is 9.18 Å². The summed E-state index contributed by atoms with van der Waals surface area (Å²) in [6.45, 7) is 0. The van der Waals surface area contributed by atoms with Gasteiger partial charge in [0.25, 0.3) is 5.91 Å². The molecule has 0 aliphatic rings. The molecule has 0 saturated carbocycles. The van der Waals surface area contributed by atoms with E-state index in [-0.39, 0.29) is 11.7 Å². The lowest BCUT2D eigenvalue weighted by molar-refractivity contribution is 0.0955. The quantitative estimate of drug-likeness (QED) is 0.570. The van der Waals surface area contributed by atoms with Crippen molar-refractivity contribution < 1.29 is 13.9 Å². The minimum Gasteiger partial charge on any atom is -0.454 e. The molecule has 5 nitrogen and oxygen atoms in total. The molecule has 0 fully saturated rings. The van der Waals surface area contributed by atoms with E-state index in [0.717, 1.165) is 0 Å². The zero-order valence-electron chi connectivity index (χ0n) is 13.1. The Morgan fingerprint density at radius 2 is 1.96 bits per heavy atom. The Balaban J connectivity index is 1.68. The molecule has 3 aromatic rings. The van der Waals surface area contributed by atoms with Crippen LogP contribution in [0.2, 0.25) is 0 Å². The summed E-state index contributed by atoms with van der Waals surface area (Å²) in [7, 11) is 0. The maximum absolute atomic E-state index is 13.9. The molecule has 0 aliphatic carbocycles. The van der Waals surface area contributed by atoms with Crippen LogP contribution >= 0.6 is 0 Å². The van der Waals surface area contributed by atoms with Crippen LogP contribution in [0.5, 0.6) is 11.5 Å². The van der Waals surface area contributed by atoms with Crippen LogP contribution in [0, 0.1) is 5.82 Å². The van der Waals surface area contributed by atoms with Crippen molar-refractivity contribution in [3.8, 4) is 11.5 Å². The molecule has 0 aliphatic heterocycles. The molecule has 2 aromatic carbocycles. The van der Waals surface area contributed by atoms with Crippen molar-refractivity contribution in [1.82, 2.24) is 10.4 Å². The average Bonchev–Trinajstić information content (AvgIpc) is 2.66. The van der Waals surface area contributed by atoms with Crippen LogP contribution in [0.25, 0.3) is 0 Å². The number of ether oxygens (including phenoxy) is 1. The first-order valence-electron chi connectivity index (χ1n) is 7.48. The highest BCUT2D eigenvalue weighted by atomic mass is 19.1. The Morgan fingerprint density at radius 3 is 2.72 bits per heavy atom. The molecular formula is C19H14FN3O2. The standard InChI is InChI=1S/C19H14FN3O2/c20-17-9-8-14(11-18(17)25-16-6-2-1-3-7-16)12-22-23-19(24)15-5-4-10-21-13-15/h1-13H,(H,23,24)/b22-12+. The summed E-state index contributed by atoms with van der Waals surface area (Å²) >= 11 is 0. The molecule has 6 heteroatoms. The third-order valence-electron chi connectivity index (χ3n) is 3.23. The van der Waals surface area contributed by atoms with Crippen LogP contribution < -0.4 is 10.2 Å². The molecule has 1 aromatic heterocycles. The normalized spacial score (nSPS) is 10.6. The van der Waals surface area contributed by atoms with E-state index in [1.807, 2.05) is 6.07 Å². The zero-order chi connectivity index (χ0) is 17.5. The fourth-order valence-electron chi connectivity index (χ4n) is 2.02. The van der Waals surface area contributed by atoms with Gasteiger partial charge in [0, 0.05) is 12.4 Å². The zero-order valence-corrected chi connectivity index (χ0v) is 13.1. The Hall–Kier alpha value is -3.54. The second kappa shape index (κ2) is 7.83. The monoisotopic (exact) mass is 335 g/mol.